The fourth-order valence-electron chi connectivity index (χ4n) is 2.07. The fourth-order valence-corrected chi connectivity index (χ4v) is 2.55. The predicted octanol–water partition coefficient (Wildman–Crippen LogP) is 2.60. The zero-order chi connectivity index (χ0) is 14.2. The van der Waals surface area contributed by atoms with Gasteiger partial charge in [-0.25, -0.2) is 8.42 Å². The number of anilines is 1. The highest BCUT2D eigenvalue weighted by Gasteiger charge is 2.08. The summed E-state index contributed by atoms with van der Waals surface area (Å²) in [6.45, 7) is 0. The van der Waals surface area contributed by atoms with E-state index in [9.17, 15) is 8.42 Å². The molecular weight excluding hydrogens is 274 g/mol. The van der Waals surface area contributed by atoms with Crippen molar-refractivity contribution in [1.29, 1.82) is 0 Å². The fraction of sp³-hybridized carbons (Fsp3) is 0.0714. The van der Waals surface area contributed by atoms with Gasteiger partial charge in [0.05, 0.1) is 11.9 Å². The molecule has 0 amide bonds. The molecule has 2 aromatic carbocycles. The van der Waals surface area contributed by atoms with Crippen LogP contribution in [0, 0.1) is 0 Å². The second-order valence-corrected chi connectivity index (χ2v) is 6.35. The number of sulfonamides is 1. The van der Waals surface area contributed by atoms with Crippen molar-refractivity contribution in [2.75, 3.05) is 11.0 Å². The molecule has 6 heteroatoms. The van der Waals surface area contributed by atoms with E-state index in [2.05, 4.69) is 14.9 Å². The summed E-state index contributed by atoms with van der Waals surface area (Å²) in [7, 11) is -3.31. The van der Waals surface area contributed by atoms with Crippen molar-refractivity contribution >= 4 is 26.6 Å². The van der Waals surface area contributed by atoms with E-state index < -0.39 is 10.0 Å². The summed E-state index contributed by atoms with van der Waals surface area (Å²) in [4.78, 5) is 0. The third-order valence-corrected chi connectivity index (χ3v) is 3.51. The quantitative estimate of drug-likeness (QED) is 0.777. The van der Waals surface area contributed by atoms with E-state index in [1.807, 2.05) is 42.5 Å². The highest BCUT2D eigenvalue weighted by atomic mass is 32.2. The van der Waals surface area contributed by atoms with Gasteiger partial charge in [-0.2, -0.15) is 5.10 Å². The van der Waals surface area contributed by atoms with Crippen LogP contribution in [0.4, 0.5) is 5.82 Å². The Morgan fingerprint density at radius 2 is 1.80 bits per heavy atom. The largest absolute Gasteiger partial charge is 0.276 e. The lowest BCUT2D eigenvalue weighted by molar-refractivity contribution is 0.606. The van der Waals surface area contributed by atoms with Gasteiger partial charge in [0, 0.05) is 11.6 Å². The van der Waals surface area contributed by atoms with Gasteiger partial charge in [0.2, 0.25) is 10.0 Å². The molecule has 0 unspecified atom stereocenters. The lowest BCUT2D eigenvalue weighted by atomic mass is 10.1. The number of hydrogen-bond acceptors (Lipinski definition) is 3. The zero-order valence-corrected chi connectivity index (χ0v) is 11.6. The van der Waals surface area contributed by atoms with E-state index in [0.717, 1.165) is 28.3 Å². The Morgan fingerprint density at radius 1 is 1.05 bits per heavy atom. The Balaban J connectivity index is 1.99. The molecule has 5 nitrogen and oxygen atoms in total. The molecule has 20 heavy (non-hydrogen) atoms. The molecule has 102 valence electrons. The third kappa shape index (κ3) is 2.65. The van der Waals surface area contributed by atoms with Crippen LogP contribution in [0.15, 0.2) is 48.5 Å². The average molecular weight is 287 g/mol. The standard InChI is InChI=1S/C14H13N3O2S/c1-20(18,19)17-14-9-13(15-16-14)12-7-6-10-4-2-3-5-11(10)8-12/h2-9H,1H3,(H2,15,16,17). The van der Waals surface area contributed by atoms with E-state index in [1.165, 1.54) is 0 Å². The van der Waals surface area contributed by atoms with Crippen molar-refractivity contribution in [3.05, 3.63) is 48.5 Å². The van der Waals surface area contributed by atoms with Gasteiger partial charge in [-0.1, -0.05) is 36.4 Å². The van der Waals surface area contributed by atoms with Gasteiger partial charge in [-0.05, 0) is 16.8 Å². The van der Waals surface area contributed by atoms with Gasteiger partial charge in [-0.15, -0.1) is 0 Å². The van der Waals surface area contributed by atoms with Gasteiger partial charge < -0.3 is 0 Å². The summed E-state index contributed by atoms with van der Waals surface area (Å²) in [5.41, 5.74) is 1.72. The van der Waals surface area contributed by atoms with E-state index >= 15 is 0 Å². The van der Waals surface area contributed by atoms with Gasteiger partial charge in [0.1, 0.15) is 0 Å². The Bertz CT molecular complexity index is 869. The molecule has 1 heterocycles. The first kappa shape index (κ1) is 12.7. The van der Waals surface area contributed by atoms with Crippen LogP contribution in [-0.2, 0) is 10.0 Å². The first-order valence-corrected chi connectivity index (χ1v) is 7.93. The summed E-state index contributed by atoms with van der Waals surface area (Å²) in [5.74, 6) is 0.288. The molecule has 0 radical (unpaired) electrons. The highest BCUT2D eigenvalue weighted by Crippen LogP contribution is 2.24. The Labute approximate surface area is 116 Å². The SMILES string of the molecule is CS(=O)(=O)Nc1cc(-c2ccc3ccccc3c2)[nH]n1. The number of hydrogen-bond donors (Lipinski definition) is 2. The Hall–Kier alpha value is -2.34. The van der Waals surface area contributed by atoms with Gasteiger partial charge in [-0.3, -0.25) is 9.82 Å². The molecule has 0 saturated heterocycles. The van der Waals surface area contributed by atoms with E-state index in [1.54, 1.807) is 6.07 Å². The molecule has 0 fully saturated rings. The minimum Gasteiger partial charge on any atom is -0.276 e. The maximum atomic E-state index is 11.2. The number of aromatic amines is 1. The number of rotatable bonds is 3. The minimum absolute atomic E-state index is 0.288. The minimum atomic E-state index is -3.31. The van der Waals surface area contributed by atoms with Crippen LogP contribution in [0.2, 0.25) is 0 Å². The van der Waals surface area contributed by atoms with E-state index in [0.29, 0.717) is 0 Å². The molecule has 0 aliphatic heterocycles. The van der Waals surface area contributed by atoms with Crippen LogP contribution in [0.25, 0.3) is 22.0 Å². The van der Waals surface area contributed by atoms with Crippen LogP contribution in [-0.4, -0.2) is 24.9 Å². The molecule has 0 bridgehead atoms. The summed E-state index contributed by atoms with van der Waals surface area (Å²) in [5, 5.41) is 9.06. The topological polar surface area (TPSA) is 74.8 Å². The number of H-pyrrole nitrogens is 1. The number of nitrogens with one attached hydrogen (secondary N) is 2. The zero-order valence-electron chi connectivity index (χ0n) is 10.8. The number of nitrogens with zero attached hydrogens (tertiary/aromatic N) is 1. The maximum Gasteiger partial charge on any atom is 0.231 e. The Morgan fingerprint density at radius 3 is 2.55 bits per heavy atom. The molecule has 0 aliphatic rings. The van der Waals surface area contributed by atoms with Crippen molar-refractivity contribution in [1.82, 2.24) is 10.2 Å². The molecule has 1 aromatic heterocycles. The number of benzene rings is 2. The highest BCUT2D eigenvalue weighted by molar-refractivity contribution is 7.92. The second-order valence-electron chi connectivity index (χ2n) is 4.60. The van der Waals surface area contributed by atoms with Crippen molar-refractivity contribution in [2.45, 2.75) is 0 Å². The van der Waals surface area contributed by atoms with Crippen molar-refractivity contribution in [3.63, 3.8) is 0 Å². The van der Waals surface area contributed by atoms with Gasteiger partial charge >= 0.3 is 0 Å². The second kappa shape index (κ2) is 4.64. The molecular formula is C14H13N3O2S. The Kier molecular flexibility index (Phi) is 2.94. The normalized spacial score (nSPS) is 11.7. The smallest absolute Gasteiger partial charge is 0.231 e. The summed E-state index contributed by atoms with van der Waals surface area (Å²) >= 11 is 0. The number of aromatic nitrogens is 2. The molecule has 3 aromatic rings. The summed E-state index contributed by atoms with van der Waals surface area (Å²) < 4.78 is 24.7. The number of fused-ring (bicyclic) bond motifs is 1. The molecule has 2 N–H and O–H groups in total. The molecule has 3 rings (SSSR count). The predicted molar refractivity (Wildman–Crippen MR) is 80.0 cm³/mol. The van der Waals surface area contributed by atoms with E-state index in [-0.39, 0.29) is 5.82 Å². The van der Waals surface area contributed by atoms with Gasteiger partial charge in [0.25, 0.3) is 0 Å². The van der Waals surface area contributed by atoms with Crippen molar-refractivity contribution < 1.29 is 8.42 Å². The van der Waals surface area contributed by atoms with E-state index in [4.69, 9.17) is 0 Å². The summed E-state index contributed by atoms with van der Waals surface area (Å²) in [6, 6.07) is 15.8. The third-order valence-electron chi connectivity index (χ3n) is 2.93. The molecule has 0 spiro atoms. The van der Waals surface area contributed by atoms with Crippen LogP contribution in [0.5, 0.6) is 0 Å². The lowest BCUT2D eigenvalue weighted by Gasteiger charge is -2.01. The van der Waals surface area contributed by atoms with Crippen molar-refractivity contribution in [3.8, 4) is 11.3 Å². The van der Waals surface area contributed by atoms with Crippen LogP contribution in [0.3, 0.4) is 0 Å². The average Bonchev–Trinajstić information content (AvgIpc) is 2.84. The van der Waals surface area contributed by atoms with Crippen molar-refractivity contribution in [2.24, 2.45) is 0 Å². The lowest BCUT2D eigenvalue weighted by Crippen LogP contribution is -2.09. The monoisotopic (exact) mass is 287 g/mol. The molecule has 0 atom stereocenters. The van der Waals surface area contributed by atoms with Crippen LogP contribution >= 0.6 is 0 Å². The van der Waals surface area contributed by atoms with Crippen LogP contribution < -0.4 is 4.72 Å². The van der Waals surface area contributed by atoms with Crippen LogP contribution in [0.1, 0.15) is 0 Å². The van der Waals surface area contributed by atoms with Gasteiger partial charge in [0.15, 0.2) is 5.82 Å². The summed E-state index contributed by atoms with van der Waals surface area (Å²) in [6.07, 6.45) is 1.09. The first-order chi connectivity index (χ1) is 9.51. The molecule has 0 saturated carbocycles. The maximum absolute atomic E-state index is 11.2. The first-order valence-electron chi connectivity index (χ1n) is 6.04. The molecule has 0 aliphatic carbocycles.